The highest BCUT2D eigenvalue weighted by Crippen LogP contribution is 2.38. The molecule has 0 aromatic carbocycles. The largest absolute Gasteiger partial charge is 0.425 e. The number of halogens is 3. The molecule has 1 saturated heterocycles. The van der Waals surface area contributed by atoms with Crippen LogP contribution in [0.4, 0.5) is 19.0 Å². The number of fused-ring (bicyclic) bond motifs is 1. The van der Waals surface area contributed by atoms with Gasteiger partial charge in [-0.1, -0.05) is 0 Å². The van der Waals surface area contributed by atoms with E-state index < -0.39 is 11.1 Å². The van der Waals surface area contributed by atoms with Crippen LogP contribution in [-0.4, -0.2) is 57.7 Å². The second kappa shape index (κ2) is 5.95. The molecule has 0 spiro atoms. The summed E-state index contributed by atoms with van der Waals surface area (Å²) < 4.78 is 40.3. The first-order chi connectivity index (χ1) is 11.9. The average Bonchev–Trinajstić information content (AvgIpc) is 3.24. The van der Waals surface area contributed by atoms with Gasteiger partial charge in [-0.3, -0.25) is 4.40 Å². The van der Waals surface area contributed by atoms with E-state index in [0.717, 1.165) is 32.2 Å². The standard InChI is InChI=1S/C15H15F3N6S/c1-22-4-6-23(7-5-22)13-14-21-20-9-24(14)10(8-19-13)11-2-3-12(25-11)15(16,17)18/h2-3,8-9H,4-7H2,1H3. The zero-order valence-electron chi connectivity index (χ0n) is 13.4. The summed E-state index contributed by atoms with van der Waals surface area (Å²) in [5, 5.41) is 8.06. The molecule has 132 valence electrons. The van der Waals surface area contributed by atoms with Gasteiger partial charge in [0.15, 0.2) is 5.82 Å². The molecule has 6 nitrogen and oxygen atoms in total. The van der Waals surface area contributed by atoms with E-state index in [9.17, 15) is 13.2 Å². The molecule has 0 atom stereocenters. The van der Waals surface area contributed by atoms with Crippen LogP contribution in [0.5, 0.6) is 0 Å². The maximum Gasteiger partial charge on any atom is 0.425 e. The zero-order chi connectivity index (χ0) is 17.6. The van der Waals surface area contributed by atoms with Crippen LogP contribution in [0.15, 0.2) is 24.7 Å². The Morgan fingerprint density at radius 2 is 1.88 bits per heavy atom. The number of hydrogen-bond acceptors (Lipinski definition) is 6. The molecule has 4 rings (SSSR count). The lowest BCUT2D eigenvalue weighted by Crippen LogP contribution is -2.45. The normalized spacial score (nSPS) is 16.7. The predicted octanol–water partition coefficient (Wildman–Crippen LogP) is 2.62. The van der Waals surface area contributed by atoms with Gasteiger partial charge in [-0.2, -0.15) is 13.2 Å². The van der Waals surface area contributed by atoms with Crippen LogP contribution in [0.2, 0.25) is 0 Å². The minimum absolute atomic E-state index is 0.481. The first kappa shape index (κ1) is 16.3. The summed E-state index contributed by atoms with van der Waals surface area (Å²) in [6.07, 6.45) is -1.24. The molecule has 0 radical (unpaired) electrons. The van der Waals surface area contributed by atoms with Crippen molar-refractivity contribution in [3.05, 3.63) is 29.5 Å². The van der Waals surface area contributed by atoms with Crippen LogP contribution in [0, 0.1) is 0 Å². The highest BCUT2D eigenvalue weighted by Gasteiger charge is 2.33. The summed E-state index contributed by atoms with van der Waals surface area (Å²) >= 11 is 0.691. The Bertz CT molecular complexity index is 894. The molecule has 10 heteroatoms. The van der Waals surface area contributed by atoms with Crippen LogP contribution in [-0.2, 0) is 6.18 Å². The molecule has 0 amide bonds. The van der Waals surface area contributed by atoms with Gasteiger partial charge in [-0.25, -0.2) is 4.98 Å². The van der Waals surface area contributed by atoms with E-state index in [1.165, 1.54) is 12.4 Å². The Kier molecular flexibility index (Phi) is 3.88. The number of alkyl halides is 3. The predicted molar refractivity (Wildman–Crippen MR) is 88.8 cm³/mol. The van der Waals surface area contributed by atoms with Crippen molar-refractivity contribution in [1.29, 1.82) is 0 Å². The monoisotopic (exact) mass is 368 g/mol. The minimum Gasteiger partial charge on any atom is -0.351 e. The number of nitrogens with zero attached hydrogens (tertiary/aromatic N) is 6. The van der Waals surface area contributed by atoms with Crippen molar-refractivity contribution >= 4 is 22.8 Å². The first-order valence-electron chi connectivity index (χ1n) is 7.73. The van der Waals surface area contributed by atoms with Crippen molar-refractivity contribution < 1.29 is 13.2 Å². The zero-order valence-corrected chi connectivity index (χ0v) is 14.2. The third-order valence-corrected chi connectivity index (χ3v) is 5.41. The maximum absolute atomic E-state index is 12.9. The number of rotatable bonds is 2. The van der Waals surface area contributed by atoms with E-state index in [1.54, 1.807) is 10.6 Å². The third-order valence-electron chi connectivity index (χ3n) is 4.26. The summed E-state index contributed by atoms with van der Waals surface area (Å²) in [6.45, 7) is 3.48. The Morgan fingerprint density at radius 1 is 1.12 bits per heavy atom. The number of aromatic nitrogens is 4. The van der Waals surface area contributed by atoms with E-state index in [0.29, 0.717) is 33.4 Å². The van der Waals surface area contributed by atoms with E-state index >= 15 is 0 Å². The lowest BCUT2D eigenvalue weighted by Gasteiger charge is -2.33. The molecule has 0 aliphatic carbocycles. The summed E-state index contributed by atoms with van der Waals surface area (Å²) in [4.78, 5) is 8.69. The van der Waals surface area contributed by atoms with Crippen molar-refractivity contribution in [2.75, 3.05) is 38.1 Å². The molecule has 3 aromatic rings. The highest BCUT2D eigenvalue weighted by molar-refractivity contribution is 7.15. The van der Waals surface area contributed by atoms with Gasteiger partial charge in [0.25, 0.3) is 0 Å². The fourth-order valence-electron chi connectivity index (χ4n) is 2.86. The second-order valence-electron chi connectivity index (χ2n) is 5.94. The number of thiophene rings is 1. The molecule has 0 bridgehead atoms. The van der Waals surface area contributed by atoms with Crippen molar-refractivity contribution in [3.63, 3.8) is 0 Å². The lowest BCUT2D eigenvalue weighted by molar-refractivity contribution is -0.134. The first-order valence-corrected chi connectivity index (χ1v) is 8.55. The van der Waals surface area contributed by atoms with Gasteiger partial charge in [0, 0.05) is 26.2 Å². The van der Waals surface area contributed by atoms with Crippen LogP contribution in [0.1, 0.15) is 4.88 Å². The topological polar surface area (TPSA) is 49.6 Å². The smallest absolute Gasteiger partial charge is 0.351 e. The van der Waals surface area contributed by atoms with Gasteiger partial charge in [-0.05, 0) is 19.2 Å². The molecule has 4 heterocycles. The van der Waals surface area contributed by atoms with Crippen molar-refractivity contribution in [3.8, 4) is 10.6 Å². The Labute approximate surface area is 145 Å². The Morgan fingerprint density at radius 3 is 2.56 bits per heavy atom. The van der Waals surface area contributed by atoms with Crippen LogP contribution < -0.4 is 4.90 Å². The molecule has 0 N–H and O–H groups in total. The van der Waals surface area contributed by atoms with Crippen molar-refractivity contribution in [2.24, 2.45) is 0 Å². The van der Waals surface area contributed by atoms with E-state index in [2.05, 4.69) is 32.0 Å². The van der Waals surface area contributed by atoms with Gasteiger partial charge in [0.1, 0.15) is 11.2 Å². The van der Waals surface area contributed by atoms with Gasteiger partial charge in [0.05, 0.1) is 16.8 Å². The SMILES string of the molecule is CN1CCN(c2ncc(-c3ccc(C(F)(F)F)s3)n3cnnc23)CC1. The van der Waals surface area contributed by atoms with Gasteiger partial charge in [0.2, 0.25) is 5.65 Å². The summed E-state index contributed by atoms with van der Waals surface area (Å²) in [5.74, 6) is 0.710. The minimum atomic E-state index is -4.34. The number of piperazine rings is 1. The molecule has 25 heavy (non-hydrogen) atoms. The van der Waals surface area contributed by atoms with Crippen LogP contribution >= 0.6 is 11.3 Å². The lowest BCUT2D eigenvalue weighted by atomic mass is 10.3. The summed E-state index contributed by atoms with van der Waals surface area (Å²) in [6, 6.07) is 2.55. The number of anilines is 1. The van der Waals surface area contributed by atoms with E-state index in [4.69, 9.17) is 0 Å². The van der Waals surface area contributed by atoms with E-state index in [1.807, 2.05) is 0 Å². The summed E-state index contributed by atoms with van der Waals surface area (Å²) in [7, 11) is 2.07. The number of hydrogen-bond donors (Lipinski definition) is 0. The van der Waals surface area contributed by atoms with Crippen LogP contribution in [0.25, 0.3) is 16.2 Å². The Hall–Kier alpha value is -2.20. The molecule has 0 unspecified atom stereocenters. The molecule has 3 aromatic heterocycles. The third kappa shape index (κ3) is 2.95. The molecule has 1 aliphatic heterocycles. The maximum atomic E-state index is 12.9. The Balaban J connectivity index is 1.74. The van der Waals surface area contributed by atoms with E-state index in [-0.39, 0.29) is 0 Å². The summed E-state index contributed by atoms with van der Waals surface area (Å²) in [5.41, 5.74) is 1.11. The fourth-order valence-corrected chi connectivity index (χ4v) is 3.74. The van der Waals surface area contributed by atoms with Gasteiger partial charge >= 0.3 is 6.18 Å². The quantitative estimate of drug-likeness (QED) is 0.696. The molecule has 1 aliphatic rings. The number of likely N-dealkylation sites (N-methyl/N-ethyl adjacent to an activating group) is 1. The van der Waals surface area contributed by atoms with Crippen molar-refractivity contribution in [2.45, 2.75) is 6.18 Å². The highest BCUT2D eigenvalue weighted by atomic mass is 32.1. The fraction of sp³-hybridized carbons (Fsp3) is 0.400. The van der Waals surface area contributed by atoms with Gasteiger partial charge < -0.3 is 9.80 Å². The second-order valence-corrected chi connectivity index (χ2v) is 7.03. The van der Waals surface area contributed by atoms with Gasteiger partial charge in [-0.15, -0.1) is 21.5 Å². The average molecular weight is 368 g/mol. The molecular weight excluding hydrogens is 353 g/mol. The molecular formula is C15H15F3N6S. The molecule has 0 saturated carbocycles. The molecule has 1 fully saturated rings. The van der Waals surface area contributed by atoms with Crippen molar-refractivity contribution in [1.82, 2.24) is 24.5 Å². The van der Waals surface area contributed by atoms with Crippen LogP contribution in [0.3, 0.4) is 0 Å².